The van der Waals surface area contributed by atoms with E-state index in [2.05, 4.69) is 21.7 Å². The molecule has 1 aromatic heterocycles. The molecule has 3 nitrogen and oxygen atoms in total. The van der Waals surface area contributed by atoms with E-state index in [1.54, 1.807) is 0 Å². The van der Waals surface area contributed by atoms with Gasteiger partial charge in [-0.2, -0.15) is 0 Å². The number of hydrogen-bond donors (Lipinski definition) is 1. The molecule has 1 fully saturated rings. The second-order valence-electron chi connectivity index (χ2n) is 5.62. The van der Waals surface area contributed by atoms with Crippen LogP contribution < -0.4 is 5.73 Å². The second-order valence-corrected chi connectivity index (χ2v) is 6.05. The first kappa shape index (κ1) is 13.9. The summed E-state index contributed by atoms with van der Waals surface area (Å²) in [7, 11) is 0. The number of nitrogens with two attached hydrogens (primary N) is 1. The molecule has 0 spiro atoms. The largest absolute Gasteiger partial charge is 0.346 e. The highest BCUT2D eigenvalue weighted by molar-refractivity contribution is 6.31. The van der Waals surface area contributed by atoms with Crippen molar-refractivity contribution < 1.29 is 0 Å². The first-order valence-electron chi connectivity index (χ1n) is 7.47. The summed E-state index contributed by atoms with van der Waals surface area (Å²) in [5.41, 5.74) is 8.26. The van der Waals surface area contributed by atoms with E-state index in [0.717, 1.165) is 18.1 Å². The van der Waals surface area contributed by atoms with Gasteiger partial charge in [0.15, 0.2) is 0 Å². The van der Waals surface area contributed by atoms with Crippen molar-refractivity contribution >= 4 is 22.5 Å². The number of hydrogen-bond acceptors (Lipinski definition) is 2. The van der Waals surface area contributed by atoms with Gasteiger partial charge in [0.05, 0.1) is 0 Å². The fourth-order valence-corrected chi connectivity index (χ4v) is 3.29. The lowest BCUT2D eigenvalue weighted by Crippen LogP contribution is -2.32. The predicted octanol–water partition coefficient (Wildman–Crippen LogP) is 3.24. The van der Waals surface area contributed by atoms with Crippen molar-refractivity contribution in [3.63, 3.8) is 0 Å². The molecule has 2 N–H and O–H groups in total. The van der Waals surface area contributed by atoms with Crippen molar-refractivity contribution in [2.75, 3.05) is 19.6 Å². The minimum atomic E-state index is 0.578. The number of piperidine rings is 1. The number of fused-ring (bicyclic) bond motifs is 1. The molecule has 1 aliphatic rings. The van der Waals surface area contributed by atoms with E-state index in [1.807, 2.05) is 12.1 Å². The summed E-state index contributed by atoms with van der Waals surface area (Å²) < 4.78 is 2.30. The van der Waals surface area contributed by atoms with Gasteiger partial charge in [0.2, 0.25) is 0 Å². The fourth-order valence-electron chi connectivity index (χ4n) is 3.12. The Morgan fingerprint density at radius 1 is 1.10 bits per heavy atom. The third-order valence-electron chi connectivity index (χ3n) is 4.25. The van der Waals surface area contributed by atoms with E-state index in [4.69, 9.17) is 17.3 Å². The van der Waals surface area contributed by atoms with Gasteiger partial charge in [0, 0.05) is 41.8 Å². The highest BCUT2D eigenvalue weighted by Gasteiger charge is 2.12. The van der Waals surface area contributed by atoms with E-state index in [1.165, 1.54) is 48.8 Å². The van der Waals surface area contributed by atoms with Gasteiger partial charge in [-0.3, -0.25) is 0 Å². The summed E-state index contributed by atoms with van der Waals surface area (Å²) in [4.78, 5) is 2.56. The zero-order valence-corrected chi connectivity index (χ0v) is 12.6. The van der Waals surface area contributed by atoms with Crippen molar-refractivity contribution in [2.45, 2.75) is 32.4 Å². The summed E-state index contributed by atoms with van der Waals surface area (Å²) in [6.07, 6.45) is 6.25. The van der Waals surface area contributed by atoms with Crippen LogP contribution in [0.1, 0.15) is 24.8 Å². The lowest BCUT2D eigenvalue weighted by Gasteiger charge is -2.26. The number of halogens is 1. The van der Waals surface area contributed by atoms with Crippen LogP contribution in [0, 0.1) is 0 Å². The van der Waals surface area contributed by atoms with Gasteiger partial charge in [-0.05, 0) is 43.6 Å². The average molecular weight is 292 g/mol. The Morgan fingerprint density at radius 2 is 1.90 bits per heavy atom. The zero-order valence-electron chi connectivity index (χ0n) is 11.8. The first-order chi connectivity index (χ1) is 9.78. The average Bonchev–Trinajstić information content (AvgIpc) is 2.83. The van der Waals surface area contributed by atoms with Gasteiger partial charge < -0.3 is 15.2 Å². The highest BCUT2D eigenvalue weighted by Crippen LogP contribution is 2.24. The SMILES string of the molecule is NCc1cn(CCN2CCCCC2)c2cc(Cl)ccc12. The molecule has 0 saturated carbocycles. The molecule has 1 aromatic carbocycles. The molecule has 4 heteroatoms. The van der Waals surface area contributed by atoms with Crippen molar-refractivity contribution in [3.8, 4) is 0 Å². The van der Waals surface area contributed by atoms with Crippen molar-refractivity contribution in [3.05, 3.63) is 35.0 Å². The van der Waals surface area contributed by atoms with Gasteiger partial charge in [0.25, 0.3) is 0 Å². The van der Waals surface area contributed by atoms with Crippen LogP contribution in [0.5, 0.6) is 0 Å². The number of nitrogens with zero attached hydrogens (tertiary/aromatic N) is 2. The number of rotatable bonds is 4. The topological polar surface area (TPSA) is 34.2 Å². The lowest BCUT2D eigenvalue weighted by atomic mass is 10.1. The number of likely N-dealkylation sites (tertiary alicyclic amines) is 1. The Labute approximate surface area is 125 Å². The molecular formula is C16H22ClN3. The quantitative estimate of drug-likeness (QED) is 0.938. The summed E-state index contributed by atoms with van der Waals surface area (Å²) in [5, 5.41) is 2.02. The zero-order chi connectivity index (χ0) is 13.9. The van der Waals surface area contributed by atoms with Crippen LogP contribution in [0.15, 0.2) is 24.4 Å². The molecule has 2 heterocycles. The smallest absolute Gasteiger partial charge is 0.0499 e. The maximum atomic E-state index is 6.14. The summed E-state index contributed by atoms with van der Waals surface area (Å²) >= 11 is 6.14. The van der Waals surface area contributed by atoms with Crippen molar-refractivity contribution in [2.24, 2.45) is 5.73 Å². The fraction of sp³-hybridized carbons (Fsp3) is 0.500. The molecule has 3 rings (SSSR count). The minimum absolute atomic E-state index is 0.578. The van der Waals surface area contributed by atoms with Crippen LogP contribution in [0.25, 0.3) is 10.9 Å². The Kier molecular flexibility index (Phi) is 4.29. The Hall–Kier alpha value is -1.03. The molecule has 0 radical (unpaired) electrons. The number of aromatic nitrogens is 1. The molecule has 0 atom stereocenters. The van der Waals surface area contributed by atoms with E-state index in [-0.39, 0.29) is 0 Å². The summed E-state index contributed by atoms with van der Waals surface area (Å²) in [6.45, 7) is 5.18. The van der Waals surface area contributed by atoms with Gasteiger partial charge >= 0.3 is 0 Å². The molecule has 0 amide bonds. The van der Waals surface area contributed by atoms with E-state index in [9.17, 15) is 0 Å². The van der Waals surface area contributed by atoms with Gasteiger partial charge in [0.1, 0.15) is 0 Å². The van der Waals surface area contributed by atoms with Crippen LogP contribution in [0.4, 0.5) is 0 Å². The maximum Gasteiger partial charge on any atom is 0.0499 e. The number of benzene rings is 1. The van der Waals surface area contributed by atoms with Crippen LogP contribution in [0.3, 0.4) is 0 Å². The maximum absolute atomic E-state index is 6.14. The van der Waals surface area contributed by atoms with Crippen molar-refractivity contribution in [1.29, 1.82) is 0 Å². The van der Waals surface area contributed by atoms with Crippen LogP contribution in [0.2, 0.25) is 5.02 Å². The summed E-state index contributed by atoms with van der Waals surface area (Å²) in [6, 6.07) is 6.07. The molecule has 2 aromatic rings. The molecule has 1 saturated heterocycles. The van der Waals surface area contributed by atoms with E-state index >= 15 is 0 Å². The summed E-state index contributed by atoms with van der Waals surface area (Å²) in [5.74, 6) is 0. The van der Waals surface area contributed by atoms with Crippen LogP contribution in [-0.4, -0.2) is 29.1 Å². The third kappa shape index (κ3) is 2.85. The van der Waals surface area contributed by atoms with Crippen molar-refractivity contribution in [1.82, 2.24) is 9.47 Å². The van der Waals surface area contributed by atoms with Gasteiger partial charge in [-0.15, -0.1) is 0 Å². The third-order valence-corrected chi connectivity index (χ3v) is 4.49. The van der Waals surface area contributed by atoms with Gasteiger partial charge in [-0.25, -0.2) is 0 Å². The molecule has 0 unspecified atom stereocenters. The van der Waals surface area contributed by atoms with Gasteiger partial charge in [-0.1, -0.05) is 24.1 Å². The molecule has 1 aliphatic heterocycles. The predicted molar refractivity (Wildman–Crippen MR) is 85.1 cm³/mol. The Balaban J connectivity index is 1.81. The molecule has 20 heavy (non-hydrogen) atoms. The Bertz CT molecular complexity index is 585. The molecule has 0 bridgehead atoms. The molecule has 108 valence electrons. The minimum Gasteiger partial charge on any atom is -0.346 e. The highest BCUT2D eigenvalue weighted by atomic mass is 35.5. The molecule has 0 aliphatic carbocycles. The van der Waals surface area contributed by atoms with E-state index in [0.29, 0.717) is 6.54 Å². The molecular weight excluding hydrogens is 270 g/mol. The lowest BCUT2D eigenvalue weighted by molar-refractivity contribution is 0.221. The standard InChI is InChI=1S/C16H22ClN3/c17-14-4-5-15-13(11-18)12-20(16(15)10-14)9-8-19-6-2-1-3-7-19/h4-5,10,12H,1-3,6-9,11,18H2. The normalized spacial score (nSPS) is 16.9. The van der Waals surface area contributed by atoms with E-state index < -0.39 is 0 Å². The Morgan fingerprint density at radius 3 is 2.65 bits per heavy atom. The van der Waals surface area contributed by atoms with Crippen LogP contribution in [-0.2, 0) is 13.1 Å². The second kappa shape index (κ2) is 6.17. The van der Waals surface area contributed by atoms with Crippen LogP contribution >= 0.6 is 11.6 Å². The first-order valence-corrected chi connectivity index (χ1v) is 7.85. The monoisotopic (exact) mass is 291 g/mol.